The number of hydrogen-bond donors (Lipinski definition) is 2. The number of thioether (sulfide) groups is 1. The quantitative estimate of drug-likeness (QED) is 0.524. The summed E-state index contributed by atoms with van der Waals surface area (Å²) in [5.41, 5.74) is 5.78. The second-order valence-corrected chi connectivity index (χ2v) is 7.21. The van der Waals surface area contributed by atoms with Crippen LogP contribution in [0.5, 0.6) is 0 Å². The Balaban J connectivity index is 1.63. The van der Waals surface area contributed by atoms with Crippen molar-refractivity contribution < 1.29 is 14.0 Å². The van der Waals surface area contributed by atoms with Crippen LogP contribution in [0, 0.1) is 6.92 Å². The van der Waals surface area contributed by atoms with Crippen LogP contribution in [0.3, 0.4) is 0 Å². The Labute approximate surface area is 153 Å². The van der Waals surface area contributed by atoms with Crippen LogP contribution in [-0.4, -0.2) is 11.8 Å². The predicted molar refractivity (Wildman–Crippen MR) is 98.7 cm³/mol. The van der Waals surface area contributed by atoms with Gasteiger partial charge in [-0.15, -0.1) is 23.1 Å². The minimum Gasteiger partial charge on any atom is -0.469 e. The number of amides is 2. The Hall–Kier alpha value is -2.51. The highest BCUT2D eigenvalue weighted by Gasteiger charge is 2.15. The fraction of sp³-hybridized carbons (Fsp3) is 0.111. The third kappa shape index (κ3) is 4.32. The minimum absolute atomic E-state index is 0.358. The Morgan fingerprint density at radius 1 is 1.04 bits per heavy atom. The molecule has 0 bridgehead atoms. The van der Waals surface area contributed by atoms with Crippen LogP contribution in [0.4, 0.5) is 0 Å². The number of benzene rings is 1. The zero-order chi connectivity index (χ0) is 17.6. The van der Waals surface area contributed by atoms with Crippen molar-refractivity contribution in [1.82, 2.24) is 10.9 Å². The van der Waals surface area contributed by atoms with Gasteiger partial charge < -0.3 is 4.42 Å². The molecule has 2 heterocycles. The summed E-state index contributed by atoms with van der Waals surface area (Å²) in [4.78, 5) is 26.6. The molecule has 0 spiro atoms. The van der Waals surface area contributed by atoms with E-state index in [1.54, 1.807) is 48.2 Å². The van der Waals surface area contributed by atoms with E-state index in [1.165, 1.54) is 11.1 Å². The van der Waals surface area contributed by atoms with Gasteiger partial charge in [0.15, 0.2) is 0 Å². The predicted octanol–water partition coefficient (Wildman–Crippen LogP) is 4.02. The smallest absolute Gasteiger partial charge is 0.273 e. The fourth-order valence-corrected chi connectivity index (χ4v) is 4.02. The van der Waals surface area contributed by atoms with Gasteiger partial charge in [0, 0.05) is 15.5 Å². The van der Waals surface area contributed by atoms with Gasteiger partial charge in [-0.3, -0.25) is 20.4 Å². The summed E-state index contributed by atoms with van der Waals surface area (Å²) in [5, 5.41) is 2.03. The van der Waals surface area contributed by atoms with Crippen LogP contribution in [0.2, 0.25) is 0 Å². The molecule has 1 aromatic carbocycles. The second kappa shape index (κ2) is 8.04. The maximum Gasteiger partial charge on any atom is 0.273 e. The number of thiophene rings is 1. The van der Waals surface area contributed by atoms with Crippen LogP contribution in [0.15, 0.2) is 63.4 Å². The number of nitrogens with one attached hydrogen (secondary N) is 2. The fourth-order valence-electron chi connectivity index (χ4n) is 2.19. The number of carbonyl (C=O) groups excluding carboxylic acids is 2. The molecule has 0 atom stereocenters. The monoisotopic (exact) mass is 372 g/mol. The zero-order valence-corrected chi connectivity index (χ0v) is 15.1. The van der Waals surface area contributed by atoms with Crippen molar-refractivity contribution in [3.8, 4) is 0 Å². The Morgan fingerprint density at radius 3 is 2.48 bits per heavy atom. The molecule has 0 saturated heterocycles. The minimum atomic E-state index is -0.414. The molecule has 2 N–H and O–H groups in total. The molecule has 0 radical (unpaired) electrons. The lowest BCUT2D eigenvalue weighted by Crippen LogP contribution is -2.41. The second-order valence-electron chi connectivity index (χ2n) is 5.16. The highest BCUT2D eigenvalue weighted by molar-refractivity contribution is 7.98. The molecule has 3 rings (SSSR count). The van der Waals surface area contributed by atoms with Crippen LogP contribution >= 0.6 is 23.1 Å². The third-order valence-electron chi connectivity index (χ3n) is 3.47. The molecule has 0 aliphatic carbocycles. The van der Waals surface area contributed by atoms with E-state index in [0.29, 0.717) is 16.9 Å². The summed E-state index contributed by atoms with van der Waals surface area (Å²) in [6.07, 6.45) is 1.43. The number of aryl methyl sites for hydroxylation is 1. The van der Waals surface area contributed by atoms with Crippen molar-refractivity contribution in [2.75, 3.05) is 0 Å². The Morgan fingerprint density at radius 2 is 1.80 bits per heavy atom. The summed E-state index contributed by atoms with van der Waals surface area (Å²) in [6.45, 7) is 1.69. The molecular formula is C18H16N2O3S2. The highest BCUT2D eigenvalue weighted by Crippen LogP contribution is 2.27. The molecule has 0 fully saturated rings. The molecule has 0 unspecified atom stereocenters. The average molecular weight is 372 g/mol. The molecule has 0 saturated carbocycles. The van der Waals surface area contributed by atoms with E-state index in [-0.39, 0.29) is 5.91 Å². The van der Waals surface area contributed by atoms with Crippen molar-refractivity contribution in [3.63, 3.8) is 0 Å². The third-order valence-corrected chi connectivity index (χ3v) is 5.66. The first-order chi connectivity index (χ1) is 12.1. The van der Waals surface area contributed by atoms with Crippen molar-refractivity contribution in [3.05, 3.63) is 75.9 Å². The normalized spacial score (nSPS) is 10.4. The van der Waals surface area contributed by atoms with E-state index in [0.717, 1.165) is 10.6 Å². The first-order valence-corrected chi connectivity index (χ1v) is 9.40. The largest absolute Gasteiger partial charge is 0.469 e. The van der Waals surface area contributed by atoms with Gasteiger partial charge in [-0.2, -0.15) is 0 Å². The lowest BCUT2D eigenvalue weighted by Gasteiger charge is -2.10. The first-order valence-electron chi connectivity index (χ1n) is 7.54. The van der Waals surface area contributed by atoms with Crippen LogP contribution < -0.4 is 10.9 Å². The number of rotatable bonds is 5. The van der Waals surface area contributed by atoms with Gasteiger partial charge in [-0.25, -0.2) is 0 Å². The molecule has 5 nitrogen and oxygen atoms in total. The van der Waals surface area contributed by atoms with Crippen molar-refractivity contribution >= 4 is 34.9 Å². The van der Waals surface area contributed by atoms with Gasteiger partial charge in [-0.1, -0.05) is 18.2 Å². The van der Waals surface area contributed by atoms with Crippen LogP contribution in [0.25, 0.3) is 0 Å². The number of hydrogen-bond acceptors (Lipinski definition) is 5. The molecule has 0 aliphatic heterocycles. The summed E-state index contributed by atoms with van der Waals surface area (Å²) < 4.78 is 5.09. The molecular weight excluding hydrogens is 356 g/mol. The van der Waals surface area contributed by atoms with Gasteiger partial charge in [0.25, 0.3) is 11.8 Å². The van der Waals surface area contributed by atoms with Gasteiger partial charge in [0.1, 0.15) is 5.76 Å². The van der Waals surface area contributed by atoms with E-state index in [9.17, 15) is 9.59 Å². The van der Waals surface area contributed by atoms with E-state index in [2.05, 4.69) is 16.9 Å². The van der Waals surface area contributed by atoms with Crippen LogP contribution in [0.1, 0.15) is 31.4 Å². The van der Waals surface area contributed by atoms with E-state index >= 15 is 0 Å². The average Bonchev–Trinajstić information content (AvgIpc) is 3.29. The Kier molecular flexibility index (Phi) is 5.57. The number of carbonyl (C=O) groups is 2. The molecule has 2 amide bonds. The van der Waals surface area contributed by atoms with E-state index in [4.69, 9.17) is 4.42 Å². The van der Waals surface area contributed by atoms with Crippen molar-refractivity contribution in [1.29, 1.82) is 0 Å². The maximum atomic E-state index is 12.4. The maximum absolute atomic E-state index is 12.4. The SMILES string of the molecule is Cc1occc1C(=O)NNC(=O)c1ccccc1SCc1cccs1. The number of furan rings is 1. The van der Waals surface area contributed by atoms with Gasteiger partial charge in [0.05, 0.1) is 17.4 Å². The van der Waals surface area contributed by atoms with Crippen LogP contribution in [-0.2, 0) is 5.75 Å². The molecule has 7 heteroatoms. The molecule has 128 valence electrons. The summed E-state index contributed by atoms with van der Waals surface area (Å²) in [7, 11) is 0. The van der Waals surface area contributed by atoms with Crippen molar-refractivity contribution in [2.24, 2.45) is 0 Å². The highest BCUT2D eigenvalue weighted by atomic mass is 32.2. The number of hydrazine groups is 1. The van der Waals surface area contributed by atoms with Crippen molar-refractivity contribution in [2.45, 2.75) is 17.6 Å². The Bertz CT molecular complexity index is 872. The lowest BCUT2D eigenvalue weighted by molar-refractivity contribution is 0.0844. The lowest BCUT2D eigenvalue weighted by atomic mass is 10.2. The molecule has 3 aromatic rings. The molecule has 0 aliphatic rings. The topological polar surface area (TPSA) is 71.3 Å². The van der Waals surface area contributed by atoms with E-state index < -0.39 is 5.91 Å². The van der Waals surface area contributed by atoms with Gasteiger partial charge in [-0.05, 0) is 36.6 Å². The van der Waals surface area contributed by atoms with Gasteiger partial charge >= 0.3 is 0 Å². The zero-order valence-electron chi connectivity index (χ0n) is 13.4. The van der Waals surface area contributed by atoms with Gasteiger partial charge in [0.2, 0.25) is 0 Å². The molecule has 2 aromatic heterocycles. The summed E-state index contributed by atoms with van der Waals surface area (Å²) in [6, 6.07) is 13.0. The van der Waals surface area contributed by atoms with E-state index in [1.807, 2.05) is 23.6 Å². The summed E-state index contributed by atoms with van der Waals surface area (Å²) >= 11 is 3.27. The standard InChI is InChI=1S/C18H16N2O3S2/c1-12-14(8-9-23-12)17(21)19-20-18(22)15-6-2-3-7-16(15)25-11-13-5-4-10-24-13/h2-10H,11H2,1H3,(H,19,21)(H,20,22). The summed E-state index contributed by atoms with van der Waals surface area (Å²) in [5.74, 6) is 0.522. The first kappa shape index (κ1) is 17.3. The molecule has 25 heavy (non-hydrogen) atoms.